The highest BCUT2D eigenvalue weighted by Crippen LogP contribution is 2.16. The predicted molar refractivity (Wildman–Crippen MR) is 90.3 cm³/mol. The molecular weight excluding hydrogens is 282 g/mol. The molecular formula is C16H19N3OS. The summed E-state index contributed by atoms with van der Waals surface area (Å²) in [5, 5.41) is 3.05. The van der Waals surface area contributed by atoms with Gasteiger partial charge in [0.2, 0.25) is 0 Å². The second-order valence-electron chi connectivity index (χ2n) is 4.28. The molecule has 21 heavy (non-hydrogen) atoms. The van der Waals surface area contributed by atoms with E-state index in [0.29, 0.717) is 12.5 Å². The molecule has 0 saturated heterocycles. The second kappa shape index (κ2) is 8.21. The van der Waals surface area contributed by atoms with E-state index < -0.39 is 0 Å². The van der Waals surface area contributed by atoms with Crippen molar-refractivity contribution in [3.8, 4) is 5.75 Å². The SMILES string of the molecule is COc1ccc(NC(N)=NCCSc2ccccc2)cc1. The summed E-state index contributed by atoms with van der Waals surface area (Å²) in [4.78, 5) is 5.55. The maximum absolute atomic E-state index is 5.85. The van der Waals surface area contributed by atoms with E-state index in [0.717, 1.165) is 17.2 Å². The number of hydrogen-bond acceptors (Lipinski definition) is 3. The molecule has 110 valence electrons. The van der Waals surface area contributed by atoms with Crippen molar-refractivity contribution in [3.63, 3.8) is 0 Å². The Balaban J connectivity index is 1.75. The number of methoxy groups -OCH3 is 1. The standard InChI is InChI=1S/C16H19N3OS/c1-20-14-9-7-13(8-10-14)19-16(17)18-11-12-21-15-5-3-2-4-6-15/h2-10H,11-12H2,1H3,(H3,17,18,19). The molecule has 0 aliphatic heterocycles. The average Bonchev–Trinajstić information content (AvgIpc) is 2.53. The maximum Gasteiger partial charge on any atom is 0.193 e. The number of rotatable bonds is 6. The van der Waals surface area contributed by atoms with Crippen molar-refractivity contribution in [2.75, 3.05) is 24.7 Å². The van der Waals surface area contributed by atoms with E-state index in [1.807, 2.05) is 42.5 Å². The van der Waals surface area contributed by atoms with Crippen molar-refractivity contribution in [3.05, 3.63) is 54.6 Å². The topological polar surface area (TPSA) is 59.6 Å². The van der Waals surface area contributed by atoms with Crippen molar-refractivity contribution in [2.45, 2.75) is 4.90 Å². The van der Waals surface area contributed by atoms with Gasteiger partial charge in [-0.25, -0.2) is 0 Å². The lowest BCUT2D eigenvalue weighted by atomic mass is 10.3. The smallest absolute Gasteiger partial charge is 0.193 e. The van der Waals surface area contributed by atoms with E-state index in [4.69, 9.17) is 10.5 Å². The zero-order valence-electron chi connectivity index (χ0n) is 12.0. The van der Waals surface area contributed by atoms with E-state index in [1.165, 1.54) is 4.90 Å². The number of aliphatic imine (C=N–C) groups is 1. The number of nitrogens with zero attached hydrogens (tertiary/aromatic N) is 1. The highest BCUT2D eigenvalue weighted by molar-refractivity contribution is 7.99. The first-order chi connectivity index (χ1) is 10.3. The van der Waals surface area contributed by atoms with E-state index in [9.17, 15) is 0 Å². The van der Waals surface area contributed by atoms with Gasteiger partial charge in [0.15, 0.2) is 5.96 Å². The van der Waals surface area contributed by atoms with Crippen LogP contribution in [-0.2, 0) is 0 Å². The van der Waals surface area contributed by atoms with Crippen LogP contribution in [0.4, 0.5) is 5.69 Å². The molecule has 0 aliphatic rings. The minimum Gasteiger partial charge on any atom is -0.497 e. The fourth-order valence-corrected chi connectivity index (χ4v) is 2.48. The zero-order chi connectivity index (χ0) is 14.9. The number of thioether (sulfide) groups is 1. The van der Waals surface area contributed by atoms with Crippen LogP contribution in [0.3, 0.4) is 0 Å². The molecule has 0 heterocycles. The molecule has 0 atom stereocenters. The summed E-state index contributed by atoms with van der Waals surface area (Å²) in [5.41, 5.74) is 6.75. The maximum atomic E-state index is 5.85. The largest absolute Gasteiger partial charge is 0.497 e. The Morgan fingerprint density at radius 2 is 1.86 bits per heavy atom. The Hall–Kier alpha value is -2.14. The zero-order valence-corrected chi connectivity index (χ0v) is 12.8. The lowest BCUT2D eigenvalue weighted by Gasteiger charge is -2.06. The van der Waals surface area contributed by atoms with Gasteiger partial charge in [0.1, 0.15) is 5.75 Å². The van der Waals surface area contributed by atoms with E-state index >= 15 is 0 Å². The number of hydrogen-bond donors (Lipinski definition) is 2. The molecule has 0 amide bonds. The fourth-order valence-electron chi connectivity index (χ4n) is 1.71. The summed E-state index contributed by atoms with van der Waals surface area (Å²) >= 11 is 1.77. The summed E-state index contributed by atoms with van der Waals surface area (Å²) in [6.45, 7) is 0.675. The summed E-state index contributed by atoms with van der Waals surface area (Å²) in [6.07, 6.45) is 0. The Bertz CT molecular complexity index is 570. The Kier molecular flexibility index (Phi) is 5.97. The molecule has 0 radical (unpaired) electrons. The molecule has 0 fully saturated rings. The molecule has 2 aromatic rings. The fraction of sp³-hybridized carbons (Fsp3) is 0.188. The van der Waals surface area contributed by atoms with E-state index in [-0.39, 0.29) is 0 Å². The van der Waals surface area contributed by atoms with Gasteiger partial charge in [-0.15, -0.1) is 11.8 Å². The first-order valence-corrected chi connectivity index (χ1v) is 7.65. The van der Waals surface area contributed by atoms with Crippen LogP contribution in [0.2, 0.25) is 0 Å². The van der Waals surface area contributed by atoms with Crippen LogP contribution in [0.25, 0.3) is 0 Å². The summed E-state index contributed by atoms with van der Waals surface area (Å²) in [6, 6.07) is 17.8. The Morgan fingerprint density at radius 3 is 2.52 bits per heavy atom. The van der Waals surface area contributed by atoms with Gasteiger partial charge >= 0.3 is 0 Å². The number of anilines is 1. The van der Waals surface area contributed by atoms with Crippen LogP contribution in [0, 0.1) is 0 Å². The molecule has 4 nitrogen and oxygen atoms in total. The predicted octanol–water partition coefficient (Wildman–Crippen LogP) is 3.21. The third-order valence-corrected chi connectivity index (χ3v) is 3.74. The summed E-state index contributed by atoms with van der Waals surface area (Å²) in [7, 11) is 1.64. The van der Waals surface area contributed by atoms with Gasteiger partial charge in [-0.1, -0.05) is 18.2 Å². The van der Waals surface area contributed by atoms with Gasteiger partial charge < -0.3 is 15.8 Å². The summed E-state index contributed by atoms with van der Waals surface area (Å²) < 4.78 is 5.10. The lowest BCUT2D eigenvalue weighted by Crippen LogP contribution is -2.23. The van der Waals surface area contributed by atoms with Crippen molar-refractivity contribution in [1.29, 1.82) is 0 Å². The van der Waals surface area contributed by atoms with Gasteiger partial charge in [0.25, 0.3) is 0 Å². The first-order valence-electron chi connectivity index (χ1n) is 6.67. The third kappa shape index (κ3) is 5.39. The van der Waals surface area contributed by atoms with Crippen molar-refractivity contribution >= 4 is 23.4 Å². The van der Waals surface area contributed by atoms with Gasteiger partial charge in [-0.3, -0.25) is 4.99 Å². The Labute approximate surface area is 129 Å². The average molecular weight is 301 g/mol. The number of nitrogens with one attached hydrogen (secondary N) is 1. The minimum absolute atomic E-state index is 0.425. The Morgan fingerprint density at radius 1 is 1.14 bits per heavy atom. The summed E-state index contributed by atoms with van der Waals surface area (Å²) in [5.74, 6) is 2.14. The van der Waals surface area contributed by atoms with Crippen LogP contribution in [0.15, 0.2) is 64.5 Å². The molecule has 0 spiro atoms. The van der Waals surface area contributed by atoms with Gasteiger partial charge in [-0.05, 0) is 36.4 Å². The van der Waals surface area contributed by atoms with Crippen LogP contribution < -0.4 is 15.8 Å². The molecule has 0 aromatic heterocycles. The third-order valence-electron chi connectivity index (χ3n) is 2.75. The van der Waals surface area contributed by atoms with Crippen LogP contribution in [0.1, 0.15) is 0 Å². The van der Waals surface area contributed by atoms with Crippen molar-refractivity contribution in [1.82, 2.24) is 0 Å². The number of guanidine groups is 1. The van der Waals surface area contributed by atoms with Gasteiger partial charge in [0, 0.05) is 16.3 Å². The second-order valence-corrected chi connectivity index (χ2v) is 5.45. The normalized spacial score (nSPS) is 11.2. The monoisotopic (exact) mass is 301 g/mol. The molecule has 2 rings (SSSR count). The lowest BCUT2D eigenvalue weighted by molar-refractivity contribution is 0.415. The molecule has 5 heteroatoms. The number of benzene rings is 2. The van der Waals surface area contributed by atoms with Crippen LogP contribution >= 0.6 is 11.8 Å². The molecule has 0 unspecified atom stereocenters. The molecule has 2 aromatic carbocycles. The van der Waals surface area contributed by atoms with Gasteiger partial charge in [-0.2, -0.15) is 0 Å². The van der Waals surface area contributed by atoms with E-state index in [2.05, 4.69) is 22.4 Å². The number of ether oxygens (including phenoxy) is 1. The molecule has 0 saturated carbocycles. The quantitative estimate of drug-likeness (QED) is 0.372. The molecule has 3 N–H and O–H groups in total. The molecule has 0 aliphatic carbocycles. The number of nitrogens with two attached hydrogens (primary N) is 1. The minimum atomic E-state index is 0.425. The highest BCUT2D eigenvalue weighted by atomic mass is 32.2. The first kappa shape index (κ1) is 15.3. The van der Waals surface area contributed by atoms with Gasteiger partial charge in [0.05, 0.1) is 13.7 Å². The van der Waals surface area contributed by atoms with Crippen molar-refractivity contribution in [2.24, 2.45) is 10.7 Å². The van der Waals surface area contributed by atoms with E-state index in [1.54, 1.807) is 18.9 Å². The highest BCUT2D eigenvalue weighted by Gasteiger charge is 1.96. The van der Waals surface area contributed by atoms with Crippen molar-refractivity contribution < 1.29 is 4.74 Å². The molecule has 0 bridgehead atoms. The van der Waals surface area contributed by atoms with Crippen LogP contribution in [-0.4, -0.2) is 25.4 Å². The van der Waals surface area contributed by atoms with Crippen LogP contribution in [0.5, 0.6) is 5.75 Å².